The number of carbonyl (C=O) groups is 1. The third-order valence-electron chi connectivity index (χ3n) is 8.90. The maximum absolute atomic E-state index is 13.4. The summed E-state index contributed by atoms with van der Waals surface area (Å²) >= 11 is 1.70. The molecule has 0 bridgehead atoms. The van der Waals surface area contributed by atoms with Crippen molar-refractivity contribution >= 4 is 17.2 Å². The Balaban J connectivity index is 1.27. The predicted octanol–water partition coefficient (Wildman–Crippen LogP) is 4.09. The Morgan fingerprint density at radius 3 is 2.78 bits per heavy atom. The number of aliphatic hydroxyl groups is 1. The van der Waals surface area contributed by atoms with Crippen LogP contribution in [0.4, 0.5) is 4.39 Å². The summed E-state index contributed by atoms with van der Waals surface area (Å²) in [5, 5.41) is 15.7. The molecule has 0 spiro atoms. The number of rotatable bonds is 6. The Morgan fingerprint density at radius 2 is 2.06 bits per heavy atom. The number of halogens is 1. The molecule has 1 saturated carbocycles. The molecule has 6 nitrogen and oxygen atoms in total. The summed E-state index contributed by atoms with van der Waals surface area (Å²) in [6, 6.07) is 6.51. The molecule has 36 heavy (non-hydrogen) atoms. The first kappa shape index (κ1) is 25.8. The fourth-order valence-corrected chi connectivity index (χ4v) is 8.15. The largest absolute Gasteiger partial charge is 0.392 e. The second kappa shape index (κ2) is 10.5. The lowest BCUT2D eigenvalue weighted by atomic mass is 9.53. The Morgan fingerprint density at radius 1 is 1.33 bits per heavy atom. The van der Waals surface area contributed by atoms with Gasteiger partial charge in [-0.3, -0.25) is 9.69 Å². The first-order valence-electron chi connectivity index (χ1n) is 13.3. The number of aliphatic hydroxyl groups excluding tert-OH is 1. The van der Waals surface area contributed by atoms with E-state index in [2.05, 4.69) is 24.1 Å². The van der Waals surface area contributed by atoms with Crippen LogP contribution in [0.3, 0.4) is 0 Å². The molecule has 3 aliphatic rings. The third-order valence-corrected chi connectivity index (χ3v) is 10.0. The minimum absolute atomic E-state index is 0.0263. The summed E-state index contributed by atoms with van der Waals surface area (Å²) in [6.45, 7) is 11.2. The zero-order chi connectivity index (χ0) is 25.4. The molecule has 8 heteroatoms. The summed E-state index contributed by atoms with van der Waals surface area (Å²) in [6.07, 6.45) is 2.17. The lowest BCUT2D eigenvalue weighted by Crippen LogP contribution is -2.53. The van der Waals surface area contributed by atoms with Gasteiger partial charge in [0.15, 0.2) is 0 Å². The lowest BCUT2D eigenvalue weighted by Gasteiger charge is -2.53. The van der Waals surface area contributed by atoms with Crippen molar-refractivity contribution in [2.45, 2.75) is 52.1 Å². The van der Waals surface area contributed by atoms with E-state index >= 15 is 0 Å². The van der Waals surface area contributed by atoms with Crippen molar-refractivity contribution < 1.29 is 19.0 Å². The summed E-state index contributed by atoms with van der Waals surface area (Å²) in [5.41, 5.74) is 1.96. The number of hydrogen-bond donors (Lipinski definition) is 2. The van der Waals surface area contributed by atoms with Crippen LogP contribution in [-0.4, -0.2) is 66.4 Å². The average molecular weight is 516 g/mol. The van der Waals surface area contributed by atoms with E-state index in [1.807, 2.05) is 6.92 Å². The van der Waals surface area contributed by atoms with Gasteiger partial charge in [0, 0.05) is 48.5 Å². The van der Waals surface area contributed by atoms with E-state index in [1.54, 1.807) is 23.5 Å². The van der Waals surface area contributed by atoms with Crippen LogP contribution < -0.4 is 5.32 Å². The van der Waals surface area contributed by atoms with Crippen LogP contribution in [0.2, 0.25) is 0 Å². The van der Waals surface area contributed by atoms with E-state index in [4.69, 9.17) is 9.72 Å². The van der Waals surface area contributed by atoms with E-state index in [9.17, 15) is 14.3 Å². The maximum atomic E-state index is 13.4. The molecule has 1 aliphatic heterocycles. The molecule has 2 heterocycles. The SMILES string of the molecule is C[C@H](C(=O)NCCN1CCOCC1)[C@@H]1CC[C@@]2(C)Cc3sc(-c4ccc(F)cc4)nc3[C@@H](C)[C@@H]2[C@H]1O. The van der Waals surface area contributed by atoms with Crippen molar-refractivity contribution in [1.29, 1.82) is 0 Å². The molecule has 1 saturated heterocycles. The maximum Gasteiger partial charge on any atom is 0.223 e. The first-order valence-corrected chi connectivity index (χ1v) is 14.1. The predicted molar refractivity (Wildman–Crippen MR) is 139 cm³/mol. The smallest absolute Gasteiger partial charge is 0.223 e. The Bertz CT molecular complexity index is 1070. The summed E-state index contributed by atoms with van der Waals surface area (Å²) in [7, 11) is 0. The zero-order valence-corrected chi connectivity index (χ0v) is 22.3. The van der Waals surface area contributed by atoms with Crippen LogP contribution in [0.25, 0.3) is 10.6 Å². The number of amides is 1. The van der Waals surface area contributed by atoms with Crippen LogP contribution in [0.5, 0.6) is 0 Å². The fraction of sp³-hybridized carbons (Fsp3) is 0.643. The van der Waals surface area contributed by atoms with E-state index < -0.39 is 6.10 Å². The van der Waals surface area contributed by atoms with Gasteiger partial charge in [-0.2, -0.15) is 0 Å². The molecule has 196 valence electrons. The zero-order valence-electron chi connectivity index (χ0n) is 21.5. The number of nitrogens with one attached hydrogen (secondary N) is 1. The minimum Gasteiger partial charge on any atom is -0.392 e. The van der Waals surface area contributed by atoms with Gasteiger partial charge in [-0.05, 0) is 60.8 Å². The molecule has 1 amide bonds. The normalized spacial score (nSPS) is 31.4. The van der Waals surface area contributed by atoms with E-state index in [-0.39, 0.29) is 40.8 Å². The van der Waals surface area contributed by atoms with Crippen molar-refractivity contribution in [1.82, 2.24) is 15.2 Å². The van der Waals surface area contributed by atoms with Crippen molar-refractivity contribution in [2.24, 2.45) is 23.2 Å². The molecule has 2 aliphatic carbocycles. The summed E-state index contributed by atoms with van der Waals surface area (Å²) in [5.74, 6) is -0.375. The monoisotopic (exact) mass is 515 g/mol. The number of ether oxygens (including phenoxy) is 1. The van der Waals surface area contributed by atoms with E-state index in [1.165, 1.54) is 17.0 Å². The van der Waals surface area contributed by atoms with Crippen LogP contribution >= 0.6 is 11.3 Å². The highest BCUT2D eigenvalue weighted by molar-refractivity contribution is 7.15. The summed E-state index contributed by atoms with van der Waals surface area (Å²) < 4.78 is 18.8. The molecule has 1 aromatic carbocycles. The molecule has 1 aromatic heterocycles. The van der Waals surface area contributed by atoms with Gasteiger partial charge in [-0.15, -0.1) is 11.3 Å². The Labute approximate surface area is 217 Å². The van der Waals surface area contributed by atoms with Crippen LogP contribution in [-0.2, 0) is 16.0 Å². The molecule has 2 aromatic rings. The topological polar surface area (TPSA) is 74.7 Å². The molecular formula is C28H38FN3O3S. The molecule has 2 N–H and O–H groups in total. The van der Waals surface area contributed by atoms with Gasteiger partial charge in [0.25, 0.3) is 0 Å². The third kappa shape index (κ3) is 4.97. The summed E-state index contributed by atoms with van der Waals surface area (Å²) in [4.78, 5) is 21.6. The number of hydrogen-bond acceptors (Lipinski definition) is 6. The van der Waals surface area contributed by atoms with Gasteiger partial charge < -0.3 is 15.2 Å². The lowest BCUT2D eigenvalue weighted by molar-refractivity contribution is -0.134. The second-order valence-electron chi connectivity index (χ2n) is 11.2. The molecule has 5 rings (SSSR count). The van der Waals surface area contributed by atoms with Gasteiger partial charge >= 0.3 is 0 Å². The van der Waals surface area contributed by atoms with Gasteiger partial charge in [-0.1, -0.05) is 20.8 Å². The van der Waals surface area contributed by atoms with Crippen molar-refractivity contribution in [3.63, 3.8) is 0 Å². The minimum atomic E-state index is -0.553. The fourth-order valence-electron chi connectivity index (χ4n) is 6.78. The Kier molecular flexibility index (Phi) is 7.50. The molecular weight excluding hydrogens is 477 g/mol. The number of aromatic nitrogens is 1. The number of thiazole rings is 1. The van der Waals surface area contributed by atoms with Gasteiger partial charge in [0.2, 0.25) is 5.91 Å². The standard InChI is InChI=1S/C28H38FN3O3S/c1-17(26(34)30-10-11-32-12-14-35-15-13-32)21-8-9-28(3)16-22-24(18(2)23(28)25(21)33)31-27(36-22)19-4-6-20(29)7-5-19/h4-7,17-18,21,23,25,33H,8-16H2,1-3H3,(H,30,34)/t17-,18-,21-,23+,25-,28-/m0/s1. The number of nitrogens with zero attached hydrogens (tertiary/aromatic N) is 2. The molecule has 6 atom stereocenters. The highest BCUT2D eigenvalue weighted by Crippen LogP contribution is 2.57. The Hall–Kier alpha value is -1.87. The quantitative estimate of drug-likeness (QED) is 0.606. The van der Waals surface area contributed by atoms with E-state index in [0.29, 0.717) is 6.54 Å². The van der Waals surface area contributed by atoms with Crippen LogP contribution in [0.15, 0.2) is 24.3 Å². The van der Waals surface area contributed by atoms with Gasteiger partial charge in [0.1, 0.15) is 10.8 Å². The number of morpholine rings is 1. The van der Waals surface area contributed by atoms with Crippen LogP contribution in [0.1, 0.15) is 50.1 Å². The molecule has 0 unspecified atom stereocenters. The van der Waals surface area contributed by atoms with Crippen LogP contribution in [0, 0.1) is 29.0 Å². The van der Waals surface area contributed by atoms with Crippen molar-refractivity contribution in [3.05, 3.63) is 40.7 Å². The average Bonchev–Trinajstić information content (AvgIpc) is 3.28. The number of fused-ring (bicyclic) bond motifs is 2. The molecule has 0 radical (unpaired) electrons. The van der Waals surface area contributed by atoms with E-state index in [0.717, 1.165) is 68.4 Å². The van der Waals surface area contributed by atoms with Crippen molar-refractivity contribution in [3.8, 4) is 10.6 Å². The highest BCUT2D eigenvalue weighted by atomic mass is 32.1. The number of carbonyl (C=O) groups excluding carboxylic acids is 1. The second-order valence-corrected chi connectivity index (χ2v) is 12.3. The molecule has 2 fully saturated rings. The first-order chi connectivity index (χ1) is 17.3. The van der Waals surface area contributed by atoms with Gasteiger partial charge in [-0.25, -0.2) is 9.37 Å². The van der Waals surface area contributed by atoms with Crippen molar-refractivity contribution in [2.75, 3.05) is 39.4 Å². The van der Waals surface area contributed by atoms with Gasteiger partial charge in [0.05, 0.1) is 25.0 Å². The highest BCUT2D eigenvalue weighted by Gasteiger charge is 2.53. The number of benzene rings is 1.